The van der Waals surface area contributed by atoms with Gasteiger partial charge in [-0.1, -0.05) is 42.5 Å². The molecule has 0 bridgehead atoms. The van der Waals surface area contributed by atoms with E-state index in [9.17, 15) is 8.42 Å². The summed E-state index contributed by atoms with van der Waals surface area (Å²) in [7, 11) is -3.23. The van der Waals surface area contributed by atoms with Gasteiger partial charge < -0.3 is 4.90 Å². The van der Waals surface area contributed by atoms with E-state index in [4.69, 9.17) is 0 Å². The molecule has 0 saturated heterocycles. The summed E-state index contributed by atoms with van der Waals surface area (Å²) < 4.78 is 25.3. The molecule has 0 radical (unpaired) electrons. The number of sulfonamides is 1. The number of hydrogen-bond acceptors (Lipinski definition) is 3. The minimum Gasteiger partial charge on any atom is -0.364 e. The third kappa shape index (κ3) is 2.88. The molecule has 4 nitrogen and oxygen atoms in total. The second kappa shape index (κ2) is 5.41. The fourth-order valence-electron chi connectivity index (χ4n) is 2.71. The van der Waals surface area contributed by atoms with Crippen LogP contribution in [0, 0.1) is 0 Å². The predicted octanol–water partition coefficient (Wildman–Crippen LogP) is 2.47. The van der Waals surface area contributed by atoms with E-state index in [1.165, 1.54) is 16.1 Å². The van der Waals surface area contributed by atoms with Crippen LogP contribution in [0.25, 0.3) is 0 Å². The first-order chi connectivity index (χ1) is 10.1. The van der Waals surface area contributed by atoms with Crippen LogP contribution in [-0.2, 0) is 16.6 Å². The molecule has 0 amide bonds. The predicted molar refractivity (Wildman–Crippen MR) is 86.1 cm³/mol. The van der Waals surface area contributed by atoms with Gasteiger partial charge >= 0.3 is 0 Å². The molecular formula is C16H18N2O2S. The molecule has 0 aromatic heterocycles. The Morgan fingerprint density at radius 3 is 2.19 bits per heavy atom. The van der Waals surface area contributed by atoms with E-state index in [-0.39, 0.29) is 0 Å². The zero-order valence-corrected chi connectivity index (χ0v) is 12.8. The van der Waals surface area contributed by atoms with Gasteiger partial charge in [0.25, 0.3) is 0 Å². The molecule has 110 valence electrons. The van der Waals surface area contributed by atoms with Gasteiger partial charge in [-0.15, -0.1) is 0 Å². The smallest absolute Gasteiger partial charge is 0.232 e. The van der Waals surface area contributed by atoms with Crippen molar-refractivity contribution in [3.8, 4) is 0 Å². The van der Waals surface area contributed by atoms with Crippen molar-refractivity contribution in [1.29, 1.82) is 0 Å². The van der Waals surface area contributed by atoms with Gasteiger partial charge in [-0.3, -0.25) is 4.31 Å². The molecule has 21 heavy (non-hydrogen) atoms. The summed E-state index contributed by atoms with van der Waals surface area (Å²) in [5.41, 5.74) is 2.96. The van der Waals surface area contributed by atoms with Crippen LogP contribution in [0.1, 0.15) is 5.56 Å². The van der Waals surface area contributed by atoms with Crippen LogP contribution in [0.3, 0.4) is 0 Å². The highest BCUT2D eigenvalue weighted by molar-refractivity contribution is 7.92. The van der Waals surface area contributed by atoms with E-state index in [0.717, 1.165) is 17.9 Å². The van der Waals surface area contributed by atoms with Crippen LogP contribution in [-0.4, -0.2) is 27.8 Å². The van der Waals surface area contributed by atoms with Crippen LogP contribution < -0.4 is 9.21 Å². The van der Waals surface area contributed by atoms with Crippen molar-refractivity contribution in [2.45, 2.75) is 6.54 Å². The number of nitrogens with zero attached hydrogens (tertiary/aromatic N) is 2. The number of hydrogen-bond donors (Lipinski definition) is 0. The Kier molecular flexibility index (Phi) is 3.59. The number of para-hydroxylation sites is 2. The van der Waals surface area contributed by atoms with E-state index in [2.05, 4.69) is 17.0 Å². The van der Waals surface area contributed by atoms with Gasteiger partial charge in [-0.25, -0.2) is 8.42 Å². The summed E-state index contributed by atoms with van der Waals surface area (Å²) in [4.78, 5) is 2.23. The summed E-state index contributed by atoms with van der Waals surface area (Å²) in [5.74, 6) is 0. The summed E-state index contributed by atoms with van der Waals surface area (Å²) in [6.07, 6.45) is 1.26. The van der Waals surface area contributed by atoms with Crippen molar-refractivity contribution in [3.05, 3.63) is 60.2 Å². The number of anilines is 2. The lowest BCUT2D eigenvalue weighted by Crippen LogP contribution is -2.43. The Hall–Kier alpha value is -2.01. The second-order valence-corrected chi connectivity index (χ2v) is 7.14. The van der Waals surface area contributed by atoms with E-state index < -0.39 is 10.0 Å². The standard InChI is InChI=1S/C16H18N2O2S/c1-21(19,20)18-12-11-17(13-14-7-3-2-4-8-14)15-9-5-6-10-16(15)18/h2-10H,11-13H2,1H3. The van der Waals surface area contributed by atoms with Crippen LogP contribution in [0.15, 0.2) is 54.6 Å². The molecule has 3 rings (SSSR count). The molecular weight excluding hydrogens is 284 g/mol. The summed E-state index contributed by atoms with van der Waals surface area (Å²) in [6, 6.07) is 17.9. The Balaban J connectivity index is 1.95. The molecule has 1 aliphatic rings. The van der Waals surface area contributed by atoms with Crippen LogP contribution >= 0.6 is 0 Å². The van der Waals surface area contributed by atoms with E-state index in [1.54, 1.807) is 0 Å². The summed E-state index contributed by atoms with van der Waals surface area (Å²) in [5, 5.41) is 0. The lowest BCUT2D eigenvalue weighted by atomic mass is 10.1. The minimum atomic E-state index is -3.23. The van der Waals surface area contributed by atoms with Crippen molar-refractivity contribution in [1.82, 2.24) is 0 Å². The molecule has 1 heterocycles. The maximum absolute atomic E-state index is 11.9. The molecule has 2 aromatic carbocycles. The molecule has 2 aromatic rings. The molecule has 5 heteroatoms. The maximum Gasteiger partial charge on any atom is 0.232 e. The zero-order chi connectivity index (χ0) is 14.9. The third-order valence-electron chi connectivity index (χ3n) is 3.68. The highest BCUT2D eigenvalue weighted by Crippen LogP contribution is 2.34. The van der Waals surface area contributed by atoms with Gasteiger partial charge in [-0.05, 0) is 17.7 Å². The van der Waals surface area contributed by atoms with Crippen molar-refractivity contribution < 1.29 is 8.42 Å². The first-order valence-corrected chi connectivity index (χ1v) is 8.76. The molecule has 0 unspecified atom stereocenters. The molecule has 0 spiro atoms. The van der Waals surface area contributed by atoms with Gasteiger partial charge in [0.2, 0.25) is 10.0 Å². The lowest BCUT2D eigenvalue weighted by Gasteiger charge is -2.37. The highest BCUT2D eigenvalue weighted by Gasteiger charge is 2.27. The number of benzene rings is 2. The van der Waals surface area contributed by atoms with Crippen molar-refractivity contribution >= 4 is 21.4 Å². The van der Waals surface area contributed by atoms with Gasteiger partial charge in [0, 0.05) is 13.1 Å². The minimum absolute atomic E-state index is 0.489. The molecule has 0 N–H and O–H groups in total. The lowest BCUT2D eigenvalue weighted by molar-refractivity contribution is 0.594. The van der Waals surface area contributed by atoms with Crippen LogP contribution in [0.4, 0.5) is 11.4 Å². The van der Waals surface area contributed by atoms with Gasteiger partial charge in [-0.2, -0.15) is 0 Å². The fourth-order valence-corrected chi connectivity index (χ4v) is 3.63. The Bertz CT molecular complexity index is 729. The van der Waals surface area contributed by atoms with Crippen LogP contribution in [0.5, 0.6) is 0 Å². The number of fused-ring (bicyclic) bond motifs is 1. The van der Waals surface area contributed by atoms with E-state index in [0.29, 0.717) is 13.1 Å². The van der Waals surface area contributed by atoms with Crippen molar-refractivity contribution in [2.75, 3.05) is 28.6 Å². The quantitative estimate of drug-likeness (QED) is 0.874. The average molecular weight is 302 g/mol. The fraction of sp³-hybridized carbons (Fsp3) is 0.250. The third-order valence-corrected chi connectivity index (χ3v) is 4.86. The van der Waals surface area contributed by atoms with Crippen molar-refractivity contribution in [3.63, 3.8) is 0 Å². The molecule has 0 fully saturated rings. The molecule has 0 aliphatic carbocycles. The van der Waals surface area contributed by atoms with Gasteiger partial charge in [0.05, 0.1) is 24.2 Å². The second-order valence-electron chi connectivity index (χ2n) is 5.23. The van der Waals surface area contributed by atoms with Crippen molar-refractivity contribution in [2.24, 2.45) is 0 Å². The Morgan fingerprint density at radius 1 is 0.905 bits per heavy atom. The summed E-state index contributed by atoms with van der Waals surface area (Å²) in [6.45, 7) is 1.97. The van der Waals surface area contributed by atoms with Gasteiger partial charge in [0.15, 0.2) is 0 Å². The SMILES string of the molecule is CS(=O)(=O)N1CCN(Cc2ccccc2)c2ccccc21. The normalized spacial score (nSPS) is 14.9. The molecule has 0 saturated carbocycles. The summed E-state index contributed by atoms with van der Waals surface area (Å²) >= 11 is 0. The Labute approximate surface area is 125 Å². The highest BCUT2D eigenvalue weighted by atomic mass is 32.2. The first kappa shape index (κ1) is 13.9. The molecule has 0 atom stereocenters. The monoisotopic (exact) mass is 302 g/mol. The van der Waals surface area contributed by atoms with E-state index >= 15 is 0 Å². The topological polar surface area (TPSA) is 40.6 Å². The number of rotatable bonds is 3. The van der Waals surface area contributed by atoms with Gasteiger partial charge in [0.1, 0.15) is 0 Å². The zero-order valence-electron chi connectivity index (χ0n) is 11.9. The Morgan fingerprint density at radius 2 is 1.52 bits per heavy atom. The average Bonchev–Trinajstić information content (AvgIpc) is 2.47. The first-order valence-electron chi connectivity index (χ1n) is 6.91. The van der Waals surface area contributed by atoms with Crippen LogP contribution in [0.2, 0.25) is 0 Å². The maximum atomic E-state index is 11.9. The largest absolute Gasteiger partial charge is 0.364 e. The van der Waals surface area contributed by atoms with E-state index in [1.807, 2.05) is 42.5 Å². The molecule has 1 aliphatic heterocycles.